The van der Waals surface area contributed by atoms with Crippen LogP contribution in [0.5, 0.6) is 0 Å². The summed E-state index contributed by atoms with van der Waals surface area (Å²) in [6.07, 6.45) is -6.84. The molecule has 1 aromatic rings. The van der Waals surface area contributed by atoms with Gasteiger partial charge in [-0.3, -0.25) is 0 Å². The number of hydrogen-bond donors (Lipinski definition) is 2. The third-order valence-electron chi connectivity index (χ3n) is 1.79. The monoisotopic (exact) mass is 220 g/mol. The molecule has 0 saturated carbocycles. The predicted molar refractivity (Wildman–Crippen MR) is 44.0 cm³/mol. The first-order valence-corrected chi connectivity index (χ1v) is 3.91. The Balaban J connectivity index is 3.24. The average Bonchev–Trinajstić information content (AvgIpc) is 2.15. The molecule has 0 aliphatic heterocycles. The molecule has 1 unspecified atom stereocenters. The van der Waals surface area contributed by atoms with E-state index in [2.05, 4.69) is 0 Å². The lowest BCUT2D eigenvalue weighted by Crippen LogP contribution is -2.17. The molecular formula is C9H7F3O3. The number of aliphatic hydroxyl groups excluding tert-OH is 1. The Morgan fingerprint density at radius 3 is 2.27 bits per heavy atom. The standard InChI is InChI=1S/C9H7F3O3/c10-9(11,12)6-4-2-1-3-5(6)7(13)8(14)15/h1-4,7,13H,(H,14,15). The Hall–Kier alpha value is -1.56. The highest BCUT2D eigenvalue weighted by molar-refractivity contribution is 5.74. The molecule has 3 nitrogen and oxygen atoms in total. The van der Waals surface area contributed by atoms with Crippen LogP contribution in [0.15, 0.2) is 24.3 Å². The molecule has 0 aliphatic rings. The molecule has 1 aromatic carbocycles. The van der Waals surface area contributed by atoms with E-state index in [-0.39, 0.29) is 0 Å². The quantitative estimate of drug-likeness (QED) is 0.799. The van der Waals surface area contributed by atoms with Crippen LogP contribution < -0.4 is 0 Å². The van der Waals surface area contributed by atoms with Gasteiger partial charge in [0.2, 0.25) is 0 Å². The summed E-state index contributed by atoms with van der Waals surface area (Å²) in [6.45, 7) is 0. The molecule has 2 N–H and O–H groups in total. The predicted octanol–water partition coefficient (Wildman–Crippen LogP) is 1.82. The molecule has 0 aliphatic carbocycles. The van der Waals surface area contributed by atoms with Gasteiger partial charge in [-0.25, -0.2) is 4.79 Å². The summed E-state index contributed by atoms with van der Waals surface area (Å²) < 4.78 is 37.1. The van der Waals surface area contributed by atoms with Gasteiger partial charge in [-0.2, -0.15) is 13.2 Å². The Morgan fingerprint density at radius 2 is 1.80 bits per heavy atom. The molecule has 0 heterocycles. The van der Waals surface area contributed by atoms with Crippen molar-refractivity contribution in [1.29, 1.82) is 0 Å². The van der Waals surface area contributed by atoms with Crippen molar-refractivity contribution in [2.24, 2.45) is 0 Å². The SMILES string of the molecule is O=C(O)C(O)c1ccccc1C(F)(F)F. The largest absolute Gasteiger partial charge is 0.479 e. The van der Waals surface area contributed by atoms with Gasteiger partial charge in [0.25, 0.3) is 0 Å². The molecule has 15 heavy (non-hydrogen) atoms. The molecule has 0 aromatic heterocycles. The first kappa shape index (κ1) is 11.5. The van der Waals surface area contributed by atoms with Gasteiger partial charge in [0.15, 0.2) is 6.10 Å². The molecule has 6 heteroatoms. The van der Waals surface area contributed by atoms with Crippen molar-refractivity contribution in [2.75, 3.05) is 0 Å². The van der Waals surface area contributed by atoms with E-state index in [1.807, 2.05) is 0 Å². The van der Waals surface area contributed by atoms with Crippen LogP contribution in [0.2, 0.25) is 0 Å². The lowest BCUT2D eigenvalue weighted by atomic mass is 10.0. The third kappa shape index (κ3) is 2.47. The van der Waals surface area contributed by atoms with Crippen molar-refractivity contribution in [1.82, 2.24) is 0 Å². The van der Waals surface area contributed by atoms with E-state index in [1.165, 1.54) is 6.07 Å². The Kier molecular flexibility index (Phi) is 2.99. The number of halogens is 3. The Morgan fingerprint density at radius 1 is 1.27 bits per heavy atom. The zero-order valence-corrected chi connectivity index (χ0v) is 7.32. The topological polar surface area (TPSA) is 57.5 Å². The maximum atomic E-state index is 12.4. The van der Waals surface area contributed by atoms with Gasteiger partial charge >= 0.3 is 12.1 Å². The van der Waals surface area contributed by atoms with E-state index in [0.29, 0.717) is 0 Å². The fraction of sp³-hybridized carbons (Fsp3) is 0.222. The second kappa shape index (κ2) is 3.90. The van der Waals surface area contributed by atoms with E-state index >= 15 is 0 Å². The Bertz CT molecular complexity index is 373. The van der Waals surface area contributed by atoms with Gasteiger partial charge in [0, 0.05) is 5.56 Å². The van der Waals surface area contributed by atoms with Crippen LogP contribution >= 0.6 is 0 Å². The highest BCUT2D eigenvalue weighted by atomic mass is 19.4. The number of hydrogen-bond acceptors (Lipinski definition) is 2. The first-order valence-electron chi connectivity index (χ1n) is 3.91. The molecule has 1 atom stereocenters. The number of carbonyl (C=O) groups is 1. The van der Waals surface area contributed by atoms with Gasteiger partial charge in [-0.1, -0.05) is 18.2 Å². The average molecular weight is 220 g/mol. The zero-order chi connectivity index (χ0) is 11.6. The summed E-state index contributed by atoms with van der Waals surface area (Å²) in [5.41, 5.74) is -1.79. The highest BCUT2D eigenvalue weighted by Crippen LogP contribution is 2.34. The van der Waals surface area contributed by atoms with E-state index in [4.69, 9.17) is 10.2 Å². The maximum Gasteiger partial charge on any atom is 0.416 e. The van der Waals surface area contributed by atoms with Gasteiger partial charge in [-0.05, 0) is 6.07 Å². The minimum atomic E-state index is -4.67. The molecule has 1 rings (SSSR count). The van der Waals surface area contributed by atoms with E-state index in [1.54, 1.807) is 0 Å². The summed E-state index contributed by atoms with van der Waals surface area (Å²) in [6, 6.07) is 4.01. The second-order valence-electron chi connectivity index (χ2n) is 2.83. The summed E-state index contributed by atoms with van der Waals surface area (Å²) in [5.74, 6) is -1.72. The number of benzene rings is 1. The van der Waals surface area contributed by atoms with E-state index < -0.39 is 29.4 Å². The van der Waals surface area contributed by atoms with Crippen molar-refractivity contribution in [3.05, 3.63) is 35.4 Å². The number of carboxylic acids is 1. The number of carboxylic acid groups (broad SMARTS) is 1. The minimum absolute atomic E-state index is 0.655. The van der Waals surface area contributed by atoms with Crippen LogP contribution in [0.4, 0.5) is 13.2 Å². The zero-order valence-electron chi connectivity index (χ0n) is 7.32. The summed E-state index contributed by atoms with van der Waals surface area (Å²) >= 11 is 0. The fourth-order valence-electron chi connectivity index (χ4n) is 1.13. The molecule has 0 amide bonds. The number of aliphatic carboxylic acids is 1. The molecule has 0 radical (unpaired) electrons. The van der Waals surface area contributed by atoms with Crippen LogP contribution in [-0.4, -0.2) is 16.2 Å². The molecule has 0 saturated heterocycles. The Labute approximate surface area is 82.8 Å². The van der Waals surface area contributed by atoms with E-state index in [9.17, 15) is 18.0 Å². The number of alkyl halides is 3. The molecule has 0 spiro atoms. The van der Waals surface area contributed by atoms with Crippen molar-refractivity contribution in [2.45, 2.75) is 12.3 Å². The summed E-state index contributed by atoms with van der Waals surface area (Å²) in [7, 11) is 0. The van der Waals surface area contributed by atoms with Crippen molar-refractivity contribution in [3.63, 3.8) is 0 Å². The van der Waals surface area contributed by atoms with Crippen molar-refractivity contribution >= 4 is 5.97 Å². The third-order valence-corrected chi connectivity index (χ3v) is 1.79. The fourth-order valence-corrected chi connectivity index (χ4v) is 1.13. The first-order chi connectivity index (χ1) is 6.84. The van der Waals surface area contributed by atoms with Gasteiger partial charge < -0.3 is 10.2 Å². The highest BCUT2D eigenvalue weighted by Gasteiger charge is 2.36. The van der Waals surface area contributed by atoms with Crippen LogP contribution in [0.25, 0.3) is 0 Å². The van der Waals surface area contributed by atoms with Crippen LogP contribution in [0.1, 0.15) is 17.2 Å². The number of aliphatic hydroxyl groups is 1. The van der Waals surface area contributed by atoms with Crippen LogP contribution in [-0.2, 0) is 11.0 Å². The van der Waals surface area contributed by atoms with Crippen molar-refractivity contribution < 1.29 is 28.2 Å². The van der Waals surface area contributed by atoms with Crippen LogP contribution in [0.3, 0.4) is 0 Å². The normalized spacial score (nSPS) is 13.6. The lowest BCUT2D eigenvalue weighted by molar-refractivity contribution is -0.149. The molecular weight excluding hydrogens is 213 g/mol. The number of rotatable bonds is 2. The second-order valence-corrected chi connectivity index (χ2v) is 2.83. The van der Waals surface area contributed by atoms with Gasteiger partial charge in [0.05, 0.1) is 5.56 Å². The maximum absolute atomic E-state index is 12.4. The van der Waals surface area contributed by atoms with Gasteiger partial charge in [-0.15, -0.1) is 0 Å². The summed E-state index contributed by atoms with van der Waals surface area (Å²) in [5, 5.41) is 17.5. The summed E-state index contributed by atoms with van der Waals surface area (Å²) in [4.78, 5) is 10.4. The van der Waals surface area contributed by atoms with Crippen molar-refractivity contribution in [3.8, 4) is 0 Å². The molecule has 0 bridgehead atoms. The minimum Gasteiger partial charge on any atom is -0.479 e. The molecule has 0 fully saturated rings. The van der Waals surface area contributed by atoms with E-state index in [0.717, 1.165) is 18.2 Å². The van der Waals surface area contributed by atoms with Gasteiger partial charge in [0.1, 0.15) is 0 Å². The lowest BCUT2D eigenvalue weighted by Gasteiger charge is -2.14. The van der Waals surface area contributed by atoms with Crippen LogP contribution in [0, 0.1) is 0 Å². The smallest absolute Gasteiger partial charge is 0.416 e. The molecule has 82 valence electrons.